The Hall–Kier alpha value is -2.14. The van der Waals surface area contributed by atoms with Crippen molar-refractivity contribution in [3.63, 3.8) is 0 Å². The van der Waals surface area contributed by atoms with E-state index in [0.717, 1.165) is 42.1 Å². The summed E-state index contributed by atoms with van der Waals surface area (Å²) in [5, 5.41) is 11.6. The third-order valence-corrected chi connectivity index (χ3v) is 3.17. The van der Waals surface area contributed by atoms with E-state index in [9.17, 15) is 0 Å². The summed E-state index contributed by atoms with van der Waals surface area (Å²) in [6.45, 7) is 4.53. The van der Waals surface area contributed by atoms with Crippen molar-refractivity contribution in [1.82, 2.24) is 20.3 Å². The Morgan fingerprint density at radius 2 is 2.00 bits per heavy atom. The average molecular weight is 270 g/mol. The Bertz CT molecular complexity index is 686. The van der Waals surface area contributed by atoms with E-state index < -0.39 is 0 Å². The van der Waals surface area contributed by atoms with E-state index >= 15 is 0 Å². The lowest BCUT2D eigenvalue weighted by Gasteiger charge is -2.00. The zero-order valence-corrected chi connectivity index (χ0v) is 11.5. The highest BCUT2D eigenvalue weighted by Gasteiger charge is 2.07. The zero-order valence-electron chi connectivity index (χ0n) is 11.5. The molecule has 0 fully saturated rings. The summed E-state index contributed by atoms with van der Waals surface area (Å²) in [5.41, 5.74) is 1.93. The molecule has 1 N–H and O–H groups in total. The van der Waals surface area contributed by atoms with Crippen molar-refractivity contribution in [2.75, 3.05) is 6.54 Å². The van der Waals surface area contributed by atoms with Gasteiger partial charge < -0.3 is 9.73 Å². The number of hydrogen-bond acceptors (Lipinski definition) is 4. The Balaban J connectivity index is 1.71. The summed E-state index contributed by atoms with van der Waals surface area (Å²) in [6.07, 6.45) is 1.12. The van der Waals surface area contributed by atoms with Gasteiger partial charge in [0.2, 0.25) is 0 Å². The van der Waals surface area contributed by atoms with Crippen LogP contribution in [0.1, 0.15) is 24.9 Å². The van der Waals surface area contributed by atoms with Crippen molar-refractivity contribution >= 4 is 11.0 Å². The van der Waals surface area contributed by atoms with Gasteiger partial charge in [-0.15, -0.1) is 5.10 Å². The highest BCUT2D eigenvalue weighted by atomic mass is 16.3. The molecular formula is C15H18N4O. The number of benzene rings is 1. The van der Waals surface area contributed by atoms with Crippen LogP contribution in [-0.2, 0) is 13.1 Å². The molecule has 0 saturated carbocycles. The molecule has 0 atom stereocenters. The topological polar surface area (TPSA) is 55.9 Å². The van der Waals surface area contributed by atoms with E-state index in [0.29, 0.717) is 6.54 Å². The number of rotatable bonds is 6. The van der Waals surface area contributed by atoms with Gasteiger partial charge in [-0.3, -0.25) is 0 Å². The molecule has 3 rings (SSSR count). The van der Waals surface area contributed by atoms with Gasteiger partial charge in [0.15, 0.2) is 0 Å². The number of nitrogens with one attached hydrogen (secondary N) is 1. The first-order chi connectivity index (χ1) is 9.86. The van der Waals surface area contributed by atoms with Crippen molar-refractivity contribution < 1.29 is 4.42 Å². The molecule has 0 radical (unpaired) electrons. The summed E-state index contributed by atoms with van der Waals surface area (Å²) in [4.78, 5) is 0. The molecule has 20 heavy (non-hydrogen) atoms. The standard InChI is InChI=1S/C15H18N4O/c1-2-9-16-10-12-7-8-13(20-12)11-19-15-6-4-3-5-14(15)17-18-19/h3-8,16H,2,9-11H2,1H3. The van der Waals surface area contributed by atoms with E-state index in [-0.39, 0.29) is 0 Å². The van der Waals surface area contributed by atoms with E-state index in [1.54, 1.807) is 0 Å². The number of fused-ring (bicyclic) bond motifs is 1. The number of hydrogen-bond donors (Lipinski definition) is 1. The minimum atomic E-state index is 0.605. The van der Waals surface area contributed by atoms with Gasteiger partial charge in [-0.1, -0.05) is 24.3 Å². The highest BCUT2D eigenvalue weighted by molar-refractivity contribution is 5.73. The van der Waals surface area contributed by atoms with Gasteiger partial charge >= 0.3 is 0 Å². The van der Waals surface area contributed by atoms with Crippen LogP contribution in [0.15, 0.2) is 40.8 Å². The van der Waals surface area contributed by atoms with E-state index in [1.165, 1.54) is 0 Å². The lowest BCUT2D eigenvalue weighted by atomic mass is 10.3. The number of nitrogens with zero attached hydrogens (tertiary/aromatic N) is 3. The molecule has 0 spiro atoms. The maximum Gasteiger partial charge on any atom is 0.125 e. The molecular weight excluding hydrogens is 252 g/mol. The van der Waals surface area contributed by atoms with Gasteiger partial charge in [-0.05, 0) is 37.2 Å². The second kappa shape index (κ2) is 5.88. The van der Waals surface area contributed by atoms with Crippen LogP contribution >= 0.6 is 0 Å². The van der Waals surface area contributed by atoms with E-state index in [4.69, 9.17) is 4.42 Å². The number of furan rings is 1. The molecule has 5 nitrogen and oxygen atoms in total. The van der Waals surface area contributed by atoms with Crippen molar-refractivity contribution in [2.45, 2.75) is 26.4 Å². The molecule has 2 heterocycles. The fraction of sp³-hybridized carbons (Fsp3) is 0.333. The third kappa shape index (κ3) is 2.72. The Morgan fingerprint density at radius 3 is 2.90 bits per heavy atom. The van der Waals surface area contributed by atoms with Crippen molar-refractivity contribution in [1.29, 1.82) is 0 Å². The molecule has 0 unspecified atom stereocenters. The molecule has 5 heteroatoms. The monoisotopic (exact) mass is 270 g/mol. The predicted octanol–water partition coefficient (Wildman–Crippen LogP) is 2.57. The van der Waals surface area contributed by atoms with E-state index in [2.05, 4.69) is 22.6 Å². The minimum absolute atomic E-state index is 0.605. The second-order valence-electron chi connectivity index (χ2n) is 4.78. The van der Waals surface area contributed by atoms with Gasteiger partial charge in [0.05, 0.1) is 12.1 Å². The van der Waals surface area contributed by atoms with E-state index in [1.807, 2.05) is 41.1 Å². The minimum Gasteiger partial charge on any atom is -0.463 e. The summed E-state index contributed by atoms with van der Waals surface area (Å²) >= 11 is 0. The molecule has 0 amide bonds. The third-order valence-electron chi connectivity index (χ3n) is 3.17. The summed E-state index contributed by atoms with van der Waals surface area (Å²) < 4.78 is 7.66. The van der Waals surface area contributed by atoms with Crippen LogP contribution in [0.2, 0.25) is 0 Å². The lowest BCUT2D eigenvalue weighted by Crippen LogP contribution is -2.13. The molecule has 2 aromatic heterocycles. The average Bonchev–Trinajstić information content (AvgIpc) is 3.08. The molecule has 0 aliphatic carbocycles. The molecule has 104 valence electrons. The molecule has 0 bridgehead atoms. The molecule has 0 saturated heterocycles. The second-order valence-corrected chi connectivity index (χ2v) is 4.78. The van der Waals surface area contributed by atoms with Crippen molar-refractivity contribution in [3.05, 3.63) is 47.9 Å². The van der Waals surface area contributed by atoms with Crippen molar-refractivity contribution in [2.24, 2.45) is 0 Å². The van der Waals surface area contributed by atoms with Gasteiger partial charge in [-0.2, -0.15) is 0 Å². The van der Waals surface area contributed by atoms with Crippen LogP contribution in [0, 0.1) is 0 Å². The summed E-state index contributed by atoms with van der Waals surface area (Å²) in [5.74, 6) is 1.85. The normalized spacial score (nSPS) is 11.2. The highest BCUT2D eigenvalue weighted by Crippen LogP contribution is 2.14. The van der Waals surface area contributed by atoms with Crippen LogP contribution in [0.4, 0.5) is 0 Å². The lowest BCUT2D eigenvalue weighted by molar-refractivity contribution is 0.431. The fourth-order valence-corrected chi connectivity index (χ4v) is 2.17. The first-order valence-electron chi connectivity index (χ1n) is 6.93. The first kappa shape index (κ1) is 12.9. The van der Waals surface area contributed by atoms with Crippen LogP contribution in [0.3, 0.4) is 0 Å². The van der Waals surface area contributed by atoms with Crippen LogP contribution in [-0.4, -0.2) is 21.5 Å². The molecule has 1 aromatic carbocycles. The van der Waals surface area contributed by atoms with Crippen LogP contribution in [0.5, 0.6) is 0 Å². The van der Waals surface area contributed by atoms with Crippen LogP contribution in [0.25, 0.3) is 11.0 Å². The summed E-state index contributed by atoms with van der Waals surface area (Å²) in [6, 6.07) is 11.9. The zero-order chi connectivity index (χ0) is 13.8. The van der Waals surface area contributed by atoms with Gasteiger partial charge in [-0.25, -0.2) is 4.68 Å². The predicted molar refractivity (Wildman–Crippen MR) is 77.3 cm³/mol. The molecule has 0 aliphatic rings. The van der Waals surface area contributed by atoms with Gasteiger partial charge in [0.1, 0.15) is 23.6 Å². The quantitative estimate of drug-likeness (QED) is 0.699. The summed E-state index contributed by atoms with van der Waals surface area (Å²) in [7, 11) is 0. The smallest absolute Gasteiger partial charge is 0.125 e. The number of para-hydroxylation sites is 1. The molecule has 0 aliphatic heterocycles. The number of aromatic nitrogens is 3. The van der Waals surface area contributed by atoms with Crippen molar-refractivity contribution in [3.8, 4) is 0 Å². The first-order valence-corrected chi connectivity index (χ1v) is 6.93. The Kier molecular flexibility index (Phi) is 3.78. The van der Waals surface area contributed by atoms with Gasteiger partial charge in [0, 0.05) is 0 Å². The maximum atomic E-state index is 5.80. The van der Waals surface area contributed by atoms with Gasteiger partial charge in [0.25, 0.3) is 0 Å². The van der Waals surface area contributed by atoms with Crippen LogP contribution < -0.4 is 5.32 Å². The largest absolute Gasteiger partial charge is 0.463 e. The molecule has 3 aromatic rings. The maximum absolute atomic E-state index is 5.80. The SMILES string of the molecule is CCCNCc1ccc(Cn2nnc3ccccc32)o1. The Labute approximate surface area is 117 Å². The Morgan fingerprint density at radius 1 is 1.15 bits per heavy atom. The fourth-order valence-electron chi connectivity index (χ4n) is 2.17.